The molecule has 0 saturated heterocycles. The first-order chi connectivity index (χ1) is 67.6. The van der Waals surface area contributed by atoms with Crippen LogP contribution in [0.25, 0.3) is 5.70 Å². The van der Waals surface area contributed by atoms with Crippen molar-refractivity contribution in [3.8, 4) is 0 Å². The van der Waals surface area contributed by atoms with Crippen LogP contribution in [0.1, 0.15) is 319 Å². The number of para-hydroxylation sites is 8. The number of nitrogens with zero attached hydrogens (tertiary/aromatic N) is 10. The molecule has 8 unspecified atom stereocenters. The van der Waals surface area contributed by atoms with Gasteiger partial charge in [0.1, 0.15) is 30.8 Å². The lowest BCUT2D eigenvalue weighted by Crippen LogP contribution is -2.51. The summed E-state index contributed by atoms with van der Waals surface area (Å²) >= 11 is 0. The fourth-order valence-electron chi connectivity index (χ4n) is 28.7. The molecule has 10 aromatic rings. The molecule has 137 heavy (non-hydrogen) atoms. The van der Waals surface area contributed by atoms with Gasteiger partial charge in [-0.05, 0) is 302 Å². The zero-order valence-electron chi connectivity index (χ0n) is 87.4. The molecular formula is C127H156N10. The Labute approximate surface area is 826 Å². The van der Waals surface area contributed by atoms with Gasteiger partial charge in [0, 0.05) is 118 Å². The predicted molar refractivity (Wildman–Crippen MR) is 579 cm³/mol. The van der Waals surface area contributed by atoms with Gasteiger partial charge >= 0.3 is 0 Å². The van der Waals surface area contributed by atoms with Crippen LogP contribution in [0.2, 0.25) is 0 Å². The van der Waals surface area contributed by atoms with E-state index >= 15 is 0 Å². The lowest BCUT2D eigenvalue weighted by Gasteiger charge is -2.46. The van der Waals surface area contributed by atoms with Crippen LogP contribution in [0, 0.1) is 58.3 Å². The molecule has 8 aliphatic heterocycles. The van der Waals surface area contributed by atoms with E-state index in [0.29, 0.717) is 30.2 Å². The number of hydrogen-bond donors (Lipinski definition) is 0. The molecule has 14 aliphatic rings. The van der Waals surface area contributed by atoms with Crippen LogP contribution in [-0.2, 0) is 5.41 Å². The maximum Gasteiger partial charge on any atom is 0.109 e. The molecule has 0 aromatic heterocycles. The van der Waals surface area contributed by atoms with Crippen molar-refractivity contribution in [2.75, 3.05) is 39.2 Å². The van der Waals surface area contributed by atoms with E-state index < -0.39 is 11.8 Å². The van der Waals surface area contributed by atoms with E-state index in [4.69, 9.17) is 1.37 Å². The molecule has 8 atom stereocenters. The number of allylic oxidation sites excluding steroid dienone is 9. The molecule has 8 heterocycles. The maximum absolute atomic E-state index is 9.79. The van der Waals surface area contributed by atoms with Gasteiger partial charge in [-0.1, -0.05) is 316 Å². The molecule has 10 aromatic carbocycles. The molecule has 6 aliphatic carbocycles. The van der Waals surface area contributed by atoms with Crippen LogP contribution in [-0.4, -0.2) is 52.7 Å². The quantitative estimate of drug-likeness (QED) is 0.111. The summed E-state index contributed by atoms with van der Waals surface area (Å²) in [6.45, 7) is 33.9. The standard InChI is InChI=1S/C30H32N2.C29H38N2.C24H28N2.C24H36N2.C20H22N2/c1-21-13-7-11-19-27(21)31-22(2)29-30(25-16-8-9-17-25,24-14-5-4-6-15-24)26-18-10-12-20-28(26)32(29)23(31)3;1-22-14-12-13-21-27(22)30-23(2)28(24-15-6-3-7-16-24)31(26-19-10-5-11-20-26)29(30)25-17-8-4-9-18-25;1-16-10-4-8-14-21(16)25-17(2)24-23(19-11-5-6-12-19)20-13-7-9-15-22(20)26(24)18(25)3;1-18-12-10-11-17-23(18)26-20(3)19(2)25(22-15-8-5-9-16-22)24(26)21-13-6-4-7-14-21;1-13-9-5-7-11-18(13)21-15(3)20-14(2)17-10-6-8-12-19(17)22(20)16(21)4/h4-7,10-15,18-20,23,25H,8-9,16-17H2,1-3H3;3,6-7,12-16,21,25-26,29H,4-5,8-11,17-20H2,1-2H3;4,7-10,13-15,18-19,23H,5-6,11-12H2,1-3H3;10-12,17,21-22,24H,4-9,13-16H2,1-3H3;5-12,14,16H,1-4H3/i;;23D;;14D. The molecular weight excluding hydrogens is 1670 g/mol. The first-order valence-corrected chi connectivity index (χ1v) is 53.7. The van der Waals surface area contributed by atoms with Gasteiger partial charge in [0.15, 0.2) is 0 Å². The normalized spacial score (nSPS) is 25.9. The molecule has 0 bridgehead atoms. The molecule has 0 radical (unpaired) electrons. The lowest BCUT2D eigenvalue weighted by atomic mass is 9.64. The third-order valence-corrected chi connectivity index (χ3v) is 35.0. The zero-order valence-corrected chi connectivity index (χ0v) is 85.4. The summed E-state index contributed by atoms with van der Waals surface area (Å²) < 4.78 is 18.8. The molecule has 10 nitrogen and oxygen atoms in total. The van der Waals surface area contributed by atoms with Crippen LogP contribution >= 0.6 is 0 Å². The van der Waals surface area contributed by atoms with Crippen LogP contribution in [0.3, 0.4) is 0 Å². The van der Waals surface area contributed by atoms with E-state index in [0.717, 1.165) is 29.1 Å². The van der Waals surface area contributed by atoms with E-state index in [2.05, 4.69) is 395 Å². The van der Waals surface area contributed by atoms with Crippen molar-refractivity contribution in [3.05, 3.63) is 362 Å². The van der Waals surface area contributed by atoms with Gasteiger partial charge in [-0.15, -0.1) is 0 Å². The minimum Gasteiger partial charge on any atom is -0.350 e. The Kier molecular flexibility index (Phi) is 26.8. The van der Waals surface area contributed by atoms with Crippen LogP contribution < -0.4 is 39.2 Å². The summed E-state index contributed by atoms with van der Waals surface area (Å²) in [7, 11) is 0. The van der Waals surface area contributed by atoms with E-state index in [9.17, 15) is 1.37 Å². The second-order valence-corrected chi connectivity index (χ2v) is 42.8. The molecule has 6 saturated carbocycles. The first-order valence-electron chi connectivity index (χ1n) is 54.7. The minimum absolute atomic E-state index is 0.0792. The molecule has 24 rings (SSSR count). The average molecular weight is 1820 g/mol. The van der Waals surface area contributed by atoms with Gasteiger partial charge in [-0.2, -0.15) is 0 Å². The summed E-state index contributed by atoms with van der Waals surface area (Å²) in [6, 6.07) is 94.2. The van der Waals surface area contributed by atoms with Gasteiger partial charge < -0.3 is 49.0 Å². The highest BCUT2D eigenvalue weighted by atomic mass is 15.5. The van der Waals surface area contributed by atoms with Crippen molar-refractivity contribution < 1.29 is 2.74 Å². The summed E-state index contributed by atoms with van der Waals surface area (Å²) in [5.74, 6) is 1.27. The number of aryl methyl sites for hydroxylation is 5. The van der Waals surface area contributed by atoms with E-state index in [1.807, 2.05) is 13.0 Å². The number of fused-ring (bicyclic) bond motifs is 9. The fraction of sp³-hybridized carbons (Fsp3) is 0.449. The van der Waals surface area contributed by atoms with Crippen molar-refractivity contribution in [2.45, 2.75) is 344 Å². The second-order valence-electron chi connectivity index (χ2n) is 42.8. The Bertz CT molecular complexity index is 6220. The number of anilines is 8. The van der Waals surface area contributed by atoms with Crippen LogP contribution in [0.5, 0.6) is 0 Å². The predicted octanol–water partition coefficient (Wildman–Crippen LogP) is 32.9. The monoisotopic (exact) mass is 1820 g/mol. The third-order valence-electron chi connectivity index (χ3n) is 35.0. The molecule has 0 amide bonds. The number of hydrogen-bond acceptors (Lipinski definition) is 10. The Morgan fingerprint density at radius 1 is 0.255 bits per heavy atom. The van der Waals surface area contributed by atoms with Gasteiger partial charge in [0.05, 0.1) is 16.8 Å². The number of rotatable bonds is 13. The van der Waals surface area contributed by atoms with Crippen LogP contribution in [0.15, 0.2) is 306 Å². The Morgan fingerprint density at radius 3 is 1.07 bits per heavy atom. The summed E-state index contributed by atoms with van der Waals surface area (Å²) in [5.41, 5.74) is 37.3. The highest BCUT2D eigenvalue weighted by molar-refractivity contribution is 5.84. The average Bonchev–Trinajstić information content (AvgIpc) is 1.53. The van der Waals surface area contributed by atoms with Crippen molar-refractivity contribution in [1.29, 1.82) is 0 Å². The SMILES string of the molecule is CC1=C(C)N(C2CCCCC2)C(C2CCCCC2)N1c1ccccc1C.CC1=C(c2ccccc2)N(C2CCCCC2)C(C2CCCCC2)N1c1ccccc1C.CC1=C2N(c3ccccc3C2(c2ccccc2)C2CCCC2)C(C)N1c1ccccc1C.[2H]C1(C)C2=C(C)N(c3ccccc3C)C(C)N2c2ccccc21.[2H]C1(C2CCCC2)C2=C(C)N(c3ccccc3C)C(C)N2c2ccccc21. The van der Waals surface area contributed by atoms with Gasteiger partial charge in [-0.25, -0.2) is 0 Å². The van der Waals surface area contributed by atoms with Gasteiger partial charge in [0.25, 0.3) is 0 Å². The smallest absolute Gasteiger partial charge is 0.109 e. The second kappa shape index (κ2) is 40.4. The zero-order chi connectivity index (χ0) is 96.3. The third kappa shape index (κ3) is 16.8. The van der Waals surface area contributed by atoms with Gasteiger partial charge in [-0.3, -0.25) is 0 Å². The highest BCUT2D eigenvalue weighted by Crippen LogP contribution is 2.65. The van der Waals surface area contributed by atoms with Crippen molar-refractivity contribution in [1.82, 2.24) is 9.80 Å². The van der Waals surface area contributed by atoms with Crippen LogP contribution in [0.4, 0.5) is 45.5 Å². The Hall–Kier alpha value is -11.1. The lowest BCUT2D eigenvalue weighted by molar-refractivity contribution is 0.106. The van der Waals surface area contributed by atoms with E-state index in [1.54, 1.807) is 0 Å². The molecule has 10 heteroatoms. The molecule has 0 N–H and O–H groups in total. The van der Waals surface area contributed by atoms with Gasteiger partial charge in [0.2, 0.25) is 0 Å². The Morgan fingerprint density at radius 2 is 0.591 bits per heavy atom. The summed E-state index contributed by atoms with van der Waals surface area (Å²) in [5, 5.41) is 0. The highest BCUT2D eigenvalue weighted by Gasteiger charge is 2.60. The molecule has 0 spiro atoms. The summed E-state index contributed by atoms with van der Waals surface area (Å²) in [6.07, 6.45) is 39.6. The first kappa shape index (κ1) is 91.0. The summed E-state index contributed by atoms with van der Waals surface area (Å²) in [4.78, 5) is 26.1. The van der Waals surface area contributed by atoms with E-state index in [-0.39, 0.29) is 23.9 Å². The number of benzene rings is 10. The van der Waals surface area contributed by atoms with Crippen molar-refractivity contribution in [3.63, 3.8) is 0 Å². The topological polar surface area (TPSA) is 32.4 Å². The minimum atomic E-state index is -0.702. The fourth-order valence-corrected chi connectivity index (χ4v) is 28.7. The molecule has 714 valence electrons. The molecule has 6 fully saturated rings. The largest absolute Gasteiger partial charge is 0.350 e. The Balaban J connectivity index is 0.000000107. The maximum atomic E-state index is 9.79. The van der Waals surface area contributed by atoms with Crippen molar-refractivity contribution >= 4 is 51.2 Å². The van der Waals surface area contributed by atoms with Crippen molar-refractivity contribution in [2.24, 2.45) is 23.7 Å². The van der Waals surface area contributed by atoms with E-state index in [1.165, 1.54) is 327 Å².